The molecule has 3 heterocycles. The molecule has 1 atom stereocenters. The Morgan fingerprint density at radius 2 is 2.17 bits per heavy atom. The second-order valence-electron chi connectivity index (χ2n) is 5.82. The van der Waals surface area contributed by atoms with Gasteiger partial charge < -0.3 is 9.64 Å². The van der Waals surface area contributed by atoms with Crippen LogP contribution in [0.4, 0.5) is 5.13 Å². The predicted molar refractivity (Wildman–Crippen MR) is 92.9 cm³/mol. The van der Waals surface area contributed by atoms with Crippen LogP contribution in [-0.4, -0.2) is 52.5 Å². The number of thiazole rings is 1. The Morgan fingerprint density at radius 1 is 1.35 bits per heavy atom. The van der Waals surface area contributed by atoms with Gasteiger partial charge in [0.1, 0.15) is 0 Å². The lowest BCUT2D eigenvalue weighted by Gasteiger charge is -2.32. The van der Waals surface area contributed by atoms with Gasteiger partial charge in [-0.05, 0) is 13.8 Å². The van der Waals surface area contributed by atoms with E-state index in [2.05, 4.69) is 33.7 Å². The van der Waals surface area contributed by atoms with E-state index in [1.54, 1.807) is 11.3 Å². The van der Waals surface area contributed by atoms with E-state index in [4.69, 9.17) is 4.74 Å². The lowest BCUT2D eigenvalue weighted by Crippen LogP contribution is -2.37. The first kappa shape index (κ1) is 16.4. The van der Waals surface area contributed by atoms with Crippen LogP contribution >= 0.6 is 11.3 Å². The van der Waals surface area contributed by atoms with Gasteiger partial charge in [-0.1, -0.05) is 0 Å². The summed E-state index contributed by atoms with van der Waals surface area (Å²) in [7, 11) is 1.94. The first-order chi connectivity index (χ1) is 11.2. The normalized spacial score (nSPS) is 19.2. The molecule has 1 aliphatic rings. The number of anilines is 1. The molecule has 1 fully saturated rings. The number of hydrogen-bond donors (Lipinski definition) is 0. The molecule has 2 aromatic rings. The largest absolute Gasteiger partial charge is 0.371 e. The van der Waals surface area contributed by atoms with Crippen molar-refractivity contribution in [3.8, 4) is 0 Å². The second kappa shape index (κ2) is 7.42. The van der Waals surface area contributed by atoms with Crippen molar-refractivity contribution in [1.29, 1.82) is 0 Å². The molecule has 1 saturated heterocycles. The highest BCUT2D eigenvalue weighted by atomic mass is 32.1. The number of aryl methyl sites for hydroxylation is 1. The zero-order valence-electron chi connectivity index (χ0n) is 14.1. The maximum Gasteiger partial charge on any atom is 0.185 e. The van der Waals surface area contributed by atoms with Crippen LogP contribution in [-0.2, 0) is 18.3 Å². The molecule has 0 saturated carbocycles. The van der Waals surface area contributed by atoms with Crippen LogP contribution in [0.25, 0.3) is 0 Å². The number of hydrogen-bond acceptors (Lipinski definition) is 6. The smallest absolute Gasteiger partial charge is 0.185 e. The van der Waals surface area contributed by atoms with Crippen molar-refractivity contribution in [1.82, 2.24) is 19.7 Å². The van der Waals surface area contributed by atoms with Gasteiger partial charge in [0, 0.05) is 62.6 Å². The summed E-state index contributed by atoms with van der Waals surface area (Å²) in [6, 6.07) is 0. The zero-order valence-corrected chi connectivity index (χ0v) is 14.9. The van der Waals surface area contributed by atoms with Crippen molar-refractivity contribution in [2.45, 2.75) is 26.5 Å². The Morgan fingerprint density at radius 3 is 2.87 bits per heavy atom. The first-order valence-corrected chi connectivity index (χ1v) is 9.03. The minimum Gasteiger partial charge on any atom is -0.371 e. The van der Waals surface area contributed by atoms with Gasteiger partial charge in [-0.2, -0.15) is 5.10 Å². The minimum absolute atomic E-state index is 0.118. The summed E-state index contributed by atoms with van der Waals surface area (Å²) in [5.74, 6) is 0. The maximum absolute atomic E-state index is 5.91. The molecule has 0 N–H and O–H groups in total. The monoisotopic (exact) mass is 335 g/mol. The van der Waals surface area contributed by atoms with E-state index in [9.17, 15) is 0 Å². The predicted octanol–water partition coefficient (Wildman–Crippen LogP) is 2.30. The number of rotatable bonds is 6. The summed E-state index contributed by atoms with van der Waals surface area (Å²) in [5.41, 5.74) is 1.16. The summed E-state index contributed by atoms with van der Waals surface area (Å²) in [6.45, 7) is 9.93. The van der Waals surface area contributed by atoms with Crippen LogP contribution in [0.2, 0.25) is 0 Å². The molecule has 126 valence electrons. The van der Waals surface area contributed by atoms with E-state index in [0.717, 1.165) is 50.0 Å². The van der Waals surface area contributed by atoms with Crippen molar-refractivity contribution in [3.05, 3.63) is 29.0 Å². The summed E-state index contributed by atoms with van der Waals surface area (Å²) in [5, 5.41) is 5.37. The molecule has 0 aromatic carbocycles. The number of ether oxygens (including phenoxy) is 1. The fraction of sp³-hybridized carbons (Fsp3) is 0.625. The molecule has 0 spiro atoms. The zero-order chi connectivity index (χ0) is 16.2. The molecule has 2 aromatic heterocycles. The van der Waals surface area contributed by atoms with E-state index < -0.39 is 0 Å². The third-order valence-electron chi connectivity index (χ3n) is 4.20. The first-order valence-electron chi connectivity index (χ1n) is 8.21. The van der Waals surface area contributed by atoms with Gasteiger partial charge in [0.05, 0.1) is 18.9 Å². The van der Waals surface area contributed by atoms with Crippen molar-refractivity contribution < 1.29 is 4.74 Å². The quantitative estimate of drug-likeness (QED) is 0.810. The summed E-state index contributed by atoms with van der Waals surface area (Å²) < 4.78 is 7.74. The van der Waals surface area contributed by atoms with Crippen LogP contribution in [0, 0.1) is 0 Å². The third-order valence-corrected chi connectivity index (χ3v) is 5.24. The Balaban J connectivity index is 1.61. The fourth-order valence-corrected chi connectivity index (χ4v) is 3.96. The Labute approximate surface area is 141 Å². The van der Waals surface area contributed by atoms with Crippen LogP contribution in [0.5, 0.6) is 0 Å². The van der Waals surface area contributed by atoms with Crippen LogP contribution in [0.15, 0.2) is 18.6 Å². The highest BCUT2D eigenvalue weighted by Crippen LogP contribution is 2.26. The van der Waals surface area contributed by atoms with Crippen molar-refractivity contribution in [2.75, 3.05) is 37.7 Å². The average molecular weight is 335 g/mol. The van der Waals surface area contributed by atoms with Gasteiger partial charge in [-0.15, -0.1) is 11.3 Å². The fourth-order valence-electron chi connectivity index (χ4n) is 2.89. The number of morpholine rings is 1. The van der Waals surface area contributed by atoms with E-state index in [0.29, 0.717) is 0 Å². The molecule has 6 nitrogen and oxygen atoms in total. The molecule has 3 rings (SSSR count). The van der Waals surface area contributed by atoms with Crippen LogP contribution < -0.4 is 4.90 Å². The third kappa shape index (κ3) is 3.91. The van der Waals surface area contributed by atoms with Gasteiger partial charge >= 0.3 is 0 Å². The van der Waals surface area contributed by atoms with E-state index in [1.165, 1.54) is 4.88 Å². The highest BCUT2D eigenvalue weighted by molar-refractivity contribution is 7.15. The molecule has 1 unspecified atom stereocenters. The highest BCUT2D eigenvalue weighted by Gasteiger charge is 2.23. The summed E-state index contributed by atoms with van der Waals surface area (Å²) >= 11 is 1.80. The van der Waals surface area contributed by atoms with Gasteiger partial charge in [0.15, 0.2) is 5.13 Å². The van der Waals surface area contributed by atoms with Crippen molar-refractivity contribution in [2.24, 2.45) is 7.05 Å². The van der Waals surface area contributed by atoms with Crippen LogP contribution in [0.1, 0.15) is 30.4 Å². The lowest BCUT2D eigenvalue weighted by atomic mass is 10.1. The topological polar surface area (TPSA) is 46.4 Å². The summed E-state index contributed by atoms with van der Waals surface area (Å²) in [6.07, 6.45) is 6.08. The minimum atomic E-state index is 0.118. The van der Waals surface area contributed by atoms with Gasteiger partial charge in [0.25, 0.3) is 0 Å². The standard InChI is InChI=1S/C16H25N5OS/c1-4-21(5-2)16-17-9-14(23-16)11-20-6-7-22-15(12-20)13-8-18-19(3)10-13/h8-10,15H,4-7,11-12H2,1-3H3. The van der Waals surface area contributed by atoms with Gasteiger partial charge in [-0.25, -0.2) is 4.98 Å². The molecular formula is C16H25N5OS. The molecule has 0 amide bonds. The maximum atomic E-state index is 5.91. The SMILES string of the molecule is CCN(CC)c1ncc(CN2CCOC(c3cnn(C)c3)C2)s1. The Hall–Kier alpha value is -1.44. The molecule has 7 heteroatoms. The van der Waals surface area contributed by atoms with Crippen LogP contribution in [0.3, 0.4) is 0 Å². The Bertz CT molecular complexity index is 622. The Kier molecular flexibility index (Phi) is 5.30. The number of aromatic nitrogens is 3. The van der Waals surface area contributed by atoms with E-state index in [-0.39, 0.29) is 6.10 Å². The molecular weight excluding hydrogens is 310 g/mol. The summed E-state index contributed by atoms with van der Waals surface area (Å²) in [4.78, 5) is 10.6. The second-order valence-corrected chi connectivity index (χ2v) is 6.92. The van der Waals surface area contributed by atoms with Crippen molar-refractivity contribution in [3.63, 3.8) is 0 Å². The number of nitrogens with zero attached hydrogens (tertiary/aromatic N) is 5. The average Bonchev–Trinajstić information content (AvgIpc) is 3.18. The molecule has 23 heavy (non-hydrogen) atoms. The lowest BCUT2D eigenvalue weighted by molar-refractivity contribution is -0.0326. The molecule has 0 bridgehead atoms. The molecule has 0 aliphatic carbocycles. The molecule has 0 radical (unpaired) electrons. The molecule has 1 aliphatic heterocycles. The van der Waals surface area contributed by atoms with Gasteiger partial charge in [-0.3, -0.25) is 9.58 Å². The van der Waals surface area contributed by atoms with E-state index >= 15 is 0 Å². The van der Waals surface area contributed by atoms with Gasteiger partial charge in [0.2, 0.25) is 0 Å². The van der Waals surface area contributed by atoms with E-state index in [1.807, 2.05) is 30.3 Å². The van der Waals surface area contributed by atoms with Crippen molar-refractivity contribution >= 4 is 16.5 Å².